The van der Waals surface area contributed by atoms with Crippen molar-refractivity contribution in [1.82, 2.24) is 29.7 Å². The Hall–Kier alpha value is -4.16. The van der Waals surface area contributed by atoms with E-state index in [1.54, 1.807) is 10.9 Å². The van der Waals surface area contributed by atoms with Gasteiger partial charge in [0.05, 0.1) is 45.5 Å². The van der Waals surface area contributed by atoms with Crippen LogP contribution in [0, 0.1) is 5.92 Å². The van der Waals surface area contributed by atoms with Gasteiger partial charge in [-0.3, -0.25) is 9.36 Å². The number of nitrogens with one attached hydrogen (secondary N) is 2. The lowest BCUT2D eigenvalue weighted by atomic mass is 10.1. The number of benzene rings is 2. The first-order chi connectivity index (χ1) is 22.2. The van der Waals surface area contributed by atoms with Crippen LogP contribution in [-0.4, -0.2) is 77.0 Å². The van der Waals surface area contributed by atoms with Crippen molar-refractivity contribution in [3.05, 3.63) is 78.1 Å². The van der Waals surface area contributed by atoms with Crippen molar-refractivity contribution in [2.24, 2.45) is 5.92 Å². The molecular formula is C32H42N7O6P. The van der Waals surface area contributed by atoms with Gasteiger partial charge in [0.1, 0.15) is 12.3 Å². The number of nitrogens with zero attached hydrogens (tertiary/aromatic N) is 4. The minimum atomic E-state index is -3.61. The number of rotatable bonds is 19. The number of methoxy groups -OCH3 is 1. The number of carbonyl (C=O) groups is 2. The third-order valence-corrected chi connectivity index (χ3v) is 9.29. The maximum atomic E-state index is 14.6. The molecule has 4 N–H and O–H groups in total. The van der Waals surface area contributed by atoms with Crippen molar-refractivity contribution < 1.29 is 28.4 Å². The Morgan fingerprint density at radius 2 is 1.67 bits per heavy atom. The molecule has 46 heavy (non-hydrogen) atoms. The first kappa shape index (κ1) is 34.7. The largest absolute Gasteiger partial charge is 0.479 e. The van der Waals surface area contributed by atoms with E-state index in [1.807, 2.05) is 74.5 Å². The Morgan fingerprint density at radius 3 is 2.30 bits per heavy atom. The van der Waals surface area contributed by atoms with Crippen LogP contribution >= 0.6 is 7.44 Å². The van der Waals surface area contributed by atoms with Gasteiger partial charge in [-0.2, -0.15) is 9.97 Å². The van der Waals surface area contributed by atoms with E-state index in [0.717, 1.165) is 17.4 Å². The van der Waals surface area contributed by atoms with Crippen LogP contribution < -0.4 is 20.6 Å². The Morgan fingerprint density at radius 1 is 1.00 bits per heavy atom. The average molecular weight is 652 g/mol. The highest BCUT2D eigenvalue weighted by atomic mass is 31.2. The fraction of sp³-hybridized carbons (Fsp3) is 0.406. The molecule has 0 amide bonds. The van der Waals surface area contributed by atoms with E-state index in [9.17, 15) is 14.2 Å². The second-order valence-electron chi connectivity index (χ2n) is 11.2. The van der Waals surface area contributed by atoms with Gasteiger partial charge in [-0.05, 0) is 29.9 Å². The minimum absolute atomic E-state index is 0.00248. The molecule has 2 aromatic heterocycles. The van der Waals surface area contributed by atoms with E-state index in [2.05, 4.69) is 25.1 Å². The monoisotopic (exact) mass is 651 g/mol. The molecule has 0 aliphatic rings. The van der Waals surface area contributed by atoms with Gasteiger partial charge < -0.3 is 29.3 Å². The molecule has 3 atom stereocenters. The van der Waals surface area contributed by atoms with Crippen molar-refractivity contribution in [3.8, 4) is 5.88 Å². The summed E-state index contributed by atoms with van der Waals surface area (Å²) in [5, 5.41) is 6.11. The number of hydrogen-bond acceptors (Lipinski definition) is 10. The summed E-state index contributed by atoms with van der Waals surface area (Å²) in [4.78, 5) is 38.1. The second kappa shape index (κ2) is 17.0. The molecule has 0 aliphatic carbocycles. The zero-order chi connectivity index (χ0) is 32.9. The van der Waals surface area contributed by atoms with Crippen LogP contribution in [-0.2, 0) is 43.0 Å². The van der Waals surface area contributed by atoms with E-state index >= 15 is 0 Å². The number of aldehydes is 1. The minimum Gasteiger partial charge on any atom is -0.479 e. The highest BCUT2D eigenvalue weighted by molar-refractivity contribution is 7.60. The number of hydrogen-bond donors (Lipinski definition) is 3. The number of carbonyl (C=O) groups excluding carboxylic acids is 2. The number of nitrogen functional groups attached to an aromatic ring is 1. The van der Waals surface area contributed by atoms with E-state index < -0.39 is 25.5 Å². The molecule has 2 heterocycles. The lowest BCUT2D eigenvalue weighted by Gasteiger charge is -2.28. The molecule has 0 radical (unpaired) electrons. The van der Waals surface area contributed by atoms with E-state index in [4.69, 9.17) is 19.9 Å². The maximum absolute atomic E-state index is 14.6. The molecule has 4 rings (SSSR count). The number of fused-ring (bicyclic) bond motifs is 1. The lowest BCUT2D eigenvalue weighted by Crippen LogP contribution is -2.44. The van der Waals surface area contributed by atoms with Crippen LogP contribution in [0.25, 0.3) is 11.2 Å². The van der Waals surface area contributed by atoms with Gasteiger partial charge in [-0.25, -0.2) is 15.2 Å². The fourth-order valence-electron chi connectivity index (χ4n) is 4.76. The van der Waals surface area contributed by atoms with E-state index in [-0.39, 0.29) is 50.1 Å². The number of esters is 1. The van der Waals surface area contributed by atoms with Crippen molar-refractivity contribution in [2.45, 2.75) is 45.3 Å². The van der Waals surface area contributed by atoms with Crippen LogP contribution in [0.4, 0.5) is 5.95 Å². The molecule has 2 aromatic carbocycles. The highest BCUT2D eigenvalue weighted by Gasteiger charge is 2.33. The molecule has 0 fully saturated rings. The summed E-state index contributed by atoms with van der Waals surface area (Å²) in [6.45, 7) is 4.80. The molecular weight excluding hydrogens is 609 g/mol. The molecule has 246 valence electrons. The van der Waals surface area contributed by atoms with Gasteiger partial charge in [-0.15, -0.1) is 0 Å². The number of ether oxygens (including phenoxy) is 3. The number of aromatic nitrogens is 4. The van der Waals surface area contributed by atoms with Crippen LogP contribution in [0.5, 0.6) is 5.88 Å². The molecule has 0 bridgehead atoms. The summed E-state index contributed by atoms with van der Waals surface area (Å²) in [6, 6.07) is 17.2. The predicted molar refractivity (Wildman–Crippen MR) is 176 cm³/mol. The first-order valence-electron chi connectivity index (χ1n) is 15.1. The van der Waals surface area contributed by atoms with Gasteiger partial charge in [0.15, 0.2) is 11.2 Å². The van der Waals surface area contributed by atoms with Crippen molar-refractivity contribution in [3.63, 3.8) is 0 Å². The Kier molecular flexibility index (Phi) is 12.8. The van der Waals surface area contributed by atoms with Crippen LogP contribution in [0.15, 0.2) is 67.0 Å². The van der Waals surface area contributed by atoms with Crippen LogP contribution in [0.1, 0.15) is 25.0 Å². The van der Waals surface area contributed by atoms with E-state index in [0.29, 0.717) is 24.1 Å². The van der Waals surface area contributed by atoms with E-state index in [1.165, 1.54) is 7.11 Å². The summed E-state index contributed by atoms with van der Waals surface area (Å²) in [5.41, 5.74) is 8.57. The lowest BCUT2D eigenvalue weighted by molar-refractivity contribution is -0.146. The number of anilines is 1. The van der Waals surface area contributed by atoms with Crippen molar-refractivity contribution >= 4 is 36.8 Å². The van der Waals surface area contributed by atoms with Gasteiger partial charge in [0.25, 0.3) is 0 Å². The smallest absolute Gasteiger partial charge is 0.323 e. The number of imidazole rings is 1. The van der Waals surface area contributed by atoms with Crippen molar-refractivity contribution in [2.75, 3.05) is 38.8 Å². The van der Waals surface area contributed by atoms with Crippen LogP contribution in [0.3, 0.4) is 0 Å². The summed E-state index contributed by atoms with van der Waals surface area (Å²) in [7, 11) is -2.13. The molecule has 0 saturated carbocycles. The normalized spacial score (nSPS) is 14.1. The SMILES string of the molecule is COc1nc(N)nc2c1ncn2CCOCCP(=O)(N[C@H](C=O)Cc1ccccc1)N[C@@H](Cc1ccccc1)C(=O)OCC(C)C. The maximum Gasteiger partial charge on any atom is 0.323 e. The van der Waals surface area contributed by atoms with Crippen molar-refractivity contribution in [1.29, 1.82) is 0 Å². The molecule has 14 heteroatoms. The summed E-state index contributed by atoms with van der Waals surface area (Å²) in [6.07, 6.45) is 2.89. The summed E-state index contributed by atoms with van der Waals surface area (Å²) < 4.78 is 33.0. The standard InChI is InChI=1S/C32H42N7O6P/c1-23(2)21-45-31(41)27(19-25-12-8-5-9-13-25)38-46(42,37-26(20-40)18-24-10-6-4-7-11-24)17-16-44-15-14-39-22-34-28-29(39)35-32(33)36-30(28)43-3/h4-13,20,22-23,26-27H,14-19,21H2,1-3H3,(H2,33,35,36)(H2,37,38,42)/t26-,27-,46?/m0/s1. The molecule has 0 saturated heterocycles. The van der Waals surface area contributed by atoms with Crippen LogP contribution in [0.2, 0.25) is 0 Å². The van der Waals surface area contributed by atoms with Gasteiger partial charge in [0, 0.05) is 6.54 Å². The first-order valence-corrected chi connectivity index (χ1v) is 17.0. The average Bonchev–Trinajstić information content (AvgIpc) is 3.45. The highest BCUT2D eigenvalue weighted by Crippen LogP contribution is 2.38. The Bertz CT molecular complexity index is 1600. The summed E-state index contributed by atoms with van der Waals surface area (Å²) >= 11 is 0. The molecule has 1 unspecified atom stereocenters. The third kappa shape index (κ3) is 10.2. The zero-order valence-electron chi connectivity index (χ0n) is 26.4. The second-order valence-corrected chi connectivity index (χ2v) is 13.7. The van der Waals surface area contributed by atoms with Gasteiger partial charge in [-0.1, -0.05) is 74.5 Å². The molecule has 0 aliphatic heterocycles. The Labute approximate surface area is 268 Å². The third-order valence-electron chi connectivity index (χ3n) is 7.00. The zero-order valence-corrected chi connectivity index (χ0v) is 27.3. The molecule has 0 spiro atoms. The molecule has 13 nitrogen and oxygen atoms in total. The predicted octanol–water partition coefficient (Wildman–Crippen LogP) is 3.43. The number of nitrogens with two attached hydrogens (primary N) is 1. The van der Waals surface area contributed by atoms with Gasteiger partial charge >= 0.3 is 5.97 Å². The Balaban J connectivity index is 1.48. The summed E-state index contributed by atoms with van der Waals surface area (Å²) in [5.74, 6) is -0.0590. The topological polar surface area (TPSA) is 173 Å². The quantitative estimate of drug-likeness (QED) is 0.0585. The van der Waals surface area contributed by atoms with Gasteiger partial charge in [0.2, 0.25) is 19.3 Å². The fourth-order valence-corrected chi connectivity index (χ4v) is 6.86. The molecule has 4 aromatic rings.